The molecule has 8 heteroatoms. The molecule has 1 aromatic rings. The van der Waals surface area contributed by atoms with Crippen molar-refractivity contribution in [3.63, 3.8) is 0 Å². The van der Waals surface area contributed by atoms with Crippen molar-refractivity contribution < 1.29 is 9.90 Å². The van der Waals surface area contributed by atoms with Crippen LogP contribution in [0.2, 0.25) is 0 Å². The Balaban J connectivity index is 1.82. The van der Waals surface area contributed by atoms with Crippen molar-refractivity contribution in [3.8, 4) is 0 Å². The molecule has 0 aliphatic heterocycles. The third-order valence-electron chi connectivity index (χ3n) is 2.84. The molecule has 1 aliphatic carbocycles. The molecule has 1 heterocycles. The van der Waals surface area contributed by atoms with Gasteiger partial charge in [-0.1, -0.05) is 11.3 Å². The summed E-state index contributed by atoms with van der Waals surface area (Å²) in [7, 11) is 0. The molecule has 0 spiro atoms. The molecule has 7 nitrogen and oxygen atoms in total. The summed E-state index contributed by atoms with van der Waals surface area (Å²) in [6, 6.07) is -0.303. The van der Waals surface area contributed by atoms with Crippen LogP contribution in [0.1, 0.15) is 17.8 Å². The van der Waals surface area contributed by atoms with E-state index in [4.69, 9.17) is 11.5 Å². The summed E-state index contributed by atoms with van der Waals surface area (Å²) in [6.45, 7) is 0.315. The van der Waals surface area contributed by atoms with Gasteiger partial charge in [-0.2, -0.15) is 0 Å². The van der Waals surface area contributed by atoms with Crippen LogP contribution in [-0.2, 0) is 11.3 Å². The standard InChI is InChI=1S/C9H15N5O2S/c10-5-1-4(2-6(5)15)8(16)12-3-7-13-14-9(11)17-7/h4-6,15H,1-3,10H2,(H2,11,14)(H,12,16)/t4-,5-,6-/m0/s1. The maximum Gasteiger partial charge on any atom is 0.223 e. The number of nitrogens with zero attached hydrogens (tertiary/aromatic N) is 2. The zero-order chi connectivity index (χ0) is 12.4. The van der Waals surface area contributed by atoms with Gasteiger partial charge in [0, 0.05) is 12.0 Å². The van der Waals surface area contributed by atoms with E-state index in [1.165, 1.54) is 11.3 Å². The van der Waals surface area contributed by atoms with Crippen LogP contribution in [0.15, 0.2) is 0 Å². The molecule has 0 bridgehead atoms. The molecule has 1 aromatic heterocycles. The number of nitrogen functional groups attached to an aromatic ring is 1. The fourth-order valence-electron chi connectivity index (χ4n) is 1.91. The molecule has 1 saturated carbocycles. The lowest BCUT2D eigenvalue weighted by Gasteiger charge is -2.08. The van der Waals surface area contributed by atoms with E-state index < -0.39 is 6.10 Å². The summed E-state index contributed by atoms with van der Waals surface area (Å²) in [5.74, 6) is -0.323. The largest absolute Gasteiger partial charge is 0.391 e. The molecule has 94 valence electrons. The first-order chi connectivity index (χ1) is 8.06. The predicted molar refractivity (Wildman–Crippen MR) is 62.9 cm³/mol. The number of aliphatic hydroxyl groups is 1. The number of hydrogen-bond acceptors (Lipinski definition) is 7. The van der Waals surface area contributed by atoms with Crippen LogP contribution >= 0.6 is 11.3 Å². The molecule has 0 saturated heterocycles. The first kappa shape index (κ1) is 12.2. The van der Waals surface area contributed by atoms with E-state index in [0.717, 1.165) is 0 Å². The minimum Gasteiger partial charge on any atom is -0.391 e. The predicted octanol–water partition coefficient (Wildman–Crippen LogP) is -1.17. The Morgan fingerprint density at radius 2 is 2.29 bits per heavy atom. The summed E-state index contributed by atoms with van der Waals surface area (Å²) in [5.41, 5.74) is 11.1. The maximum absolute atomic E-state index is 11.8. The summed E-state index contributed by atoms with van der Waals surface area (Å²) >= 11 is 1.24. The lowest BCUT2D eigenvalue weighted by molar-refractivity contribution is -0.125. The Morgan fingerprint density at radius 1 is 1.53 bits per heavy atom. The Labute approximate surface area is 102 Å². The minimum atomic E-state index is -0.581. The highest BCUT2D eigenvalue weighted by Crippen LogP contribution is 2.24. The summed E-state index contributed by atoms with van der Waals surface area (Å²) in [4.78, 5) is 11.8. The molecule has 2 rings (SSSR count). The monoisotopic (exact) mass is 257 g/mol. The van der Waals surface area contributed by atoms with Crippen LogP contribution in [0.5, 0.6) is 0 Å². The minimum absolute atomic E-state index is 0.106. The van der Waals surface area contributed by atoms with E-state index >= 15 is 0 Å². The summed E-state index contributed by atoms with van der Waals surface area (Å²) < 4.78 is 0. The molecule has 0 aromatic carbocycles. The van der Waals surface area contributed by atoms with Gasteiger partial charge in [0.25, 0.3) is 0 Å². The highest BCUT2D eigenvalue weighted by Gasteiger charge is 2.34. The molecule has 1 fully saturated rings. The molecule has 1 aliphatic rings. The molecule has 17 heavy (non-hydrogen) atoms. The van der Waals surface area contributed by atoms with Crippen LogP contribution < -0.4 is 16.8 Å². The van der Waals surface area contributed by atoms with E-state index in [2.05, 4.69) is 15.5 Å². The van der Waals surface area contributed by atoms with E-state index in [0.29, 0.717) is 29.5 Å². The molecular formula is C9H15N5O2S. The van der Waals surface area contributed by atoms with E-state index in [9.17, 15) is 9.90 Å². The van der Waals surface area contributed by atoms with Crippen molar-refractivity contribution >= 4 is 22.4 Å². The molecule has 0 radical (unpaired) electrons. The summed E-state index contributed by atoms with van der Waals surface area (Å²) in [5, 5.41) is 20.7. The maximum atomic E-state index is 11.8. The Morgan fingerprint density at radius 3 is 2.82 bits per heavy atom. The fourth-order valence-corrected chi connectivity index (χ4v) is 2.46. The quantitative estimate of drug-likeness (QED) is 0.540. The average molecular weight is 257 g/mol. The van der Waals surface area contributed by atoms with Crippen molar-refractivity contribution in [1.82, 2.24) is 15.5 Å². The van der Waals surface area contributed by atoms with Crippen LogP contribution in [-0.4, -0.2) is 33.4 Å². The normalized spacial score (nSPS) is 28.2. The number of rotatable bonds is 3. The number of amides is 1. The smallest absolute Gasteiger partial charge is 0.223 e. The first-order valence-electron chi connectivity index (χ1n) is 5.35. The number of nitrogens with one attached hydrogen (secondary N) is 1. The van der Waals surface area contributed by atoms with Gasteiger partial charge in [0.05, 0.1) is 12.6 Å². The van der Waals surface area contributed by atoms with Gasteiger partial charge in [-0.15, -0.1) is 10.2 Å². The zero-order valence-electron chi connectivity index (χ0n) is 9.17. The second kappa shape index (κ2) is 4.94. The Hall–Kier alpha value is -1.25. The highest BCUT2D eigenvalue weighted by atomic mass is 32.1. The van der Waals surface area contributed by atoms with Crippen LogP contribution in [0.4, 0.5) is 5.13 Å². The Kier molecular flexibility index (Phi) is 3.55. The van der Waals surface area contributed by atoms with Crippen molar-refractivity contribution in [2.75, 3.05) is 5.73 Å². The van der Waals surface area contributed by atoms with Crippen LogP contribution in [0.3, 0.4) is 0 Å². The number of anilines is 1. The van der Waals surface area contributed by atoms with Crippen molar-refractivity contribution in [2.24, 2.45) is 11.7 Å². The summed E-state index contributed by atoms with van der Waals surface area (Å²) in [6.07, 6.45) is 0.360. The van der Waals surface area contributed by atoms with Gasteiger partial charge < -0.3 is 21.9 Å². The van der Waals surface area contributed by atoms with E-state index in [1.807, 2.05) is 0 Å². The lowest BCUT2D eigenvalue weighted by atomic mass is 10.1. The molecular weight excluding hydrogens is 242 g/mol. The Bertz CT molecular complexity index is 400. The van der Waals surface area contributed by atoms with Gasteiger partial charge in [0.1, 0.15) is 5.01 Å². The number of aromatic nitrogens is 2. The van der Waals surface area contributed by atoms with E-state index in [-0.39, 0.29) is 17.9 Å². The number of hydrogen-bond donors (Lipinski definition) is 4. The van der Waals surface area contributed by atoms with Gasteiger partial charge in [0.2, 0.25) is 11.0 Å². The van der Waals surface area contributed by atoms with Gasteiger partial charge in [-0.05, 0) is 12.8 Å². The SMILES string of the molecule is Nc1nnc(CNC(=O)[C@H]2C[C@H](N)[C@@H](O)C2)s1. The van der Waals surface area contributed by atoms with Crippen LogP contribution in [0, 0.1) is 5.92 Å². The molecule has 1 amide bonds. The second-order valence-corrected chi connectivity index (χ2v) is 5.25. The first-order valence-corrected chi connectivity index (χ1v) is 6.17. The molecule has 3 atom stereocenters. The van der Waals surface area contributed by atoms with Crippen molar-refractivity contribution in [2.45, 2.75) is 31.5 Å². The average Bonchev–Trinajstić information content (AvgIpc) is 2.83. The van der Waals surface area contributed by atoms with Crippen LogP contribution in [0.25, 0.3) is 0 Å². The van der Waals surface area contributed by atoms with Crippen molar-refractivity contribution in [3.05, 3.63) is 5.01 Å². The van der Waals surface area contributed by atoms with Crippen molar-refractivity contribution in [1.29, 1.82) is 0 Å². The highest BCUT2D eigenvalue weighted by molar-refractivity contribution is 7.15. The third-order valence-corrected chi connectivity index (χ3v) is 3.60. The number of aliphatic hydroxyl groups excluding tert-OH is 1. The van der Waals surface area contributed by atoms with Gasteiger partial charge >= 0.3 is 0 Å². The van der Waals surface area contributed by atoms with Gasteiger partial charge in [0.15, 0.2) is 0 Å². The van der Waals surface area contributed by atoms with E-state index in [1.54, 1.807) is 0 Å². The number of nitrogens with two attached hydrogens (primary N) is 2. The number of carbonyl (C=O) groups is 1. The zero-order valence-corrected chi connectivity index (χ0v) is 9.98. The lowest BCUT2D eigenvalue weighted by Crippen LogP contribution is -2.30. The third kappa shape index (κ3) is 2.90. The number of carbonyl (C=O) groups excluding carboxylic acids is 1. The second-order valence-electron chi connectivity index (χ2n) is 4.15. The topological polar surface area (TPSA) is 127 Å². The van der Waals surface area contributed by atoms with Gasteiger partial charge in [-0.3, -0.25) is 4.79 Å². The fraction of sp³-hybridized carbons (Fsp3) is 0.667. The molecule has 0 unspecified atom stereocenters. The van der Waals surface area contributed by atoms with Gasteiger partial charge in [-0.25, -0.2) is 0 Å². The molecule has 6 N–H and O–H groups in total.